The summed E-state index contributed by atoms with van der Waals surface area (Å²) in [5, 5.41) is 0. The Morgan fingerprint density at radius 3 is 2.41 bits per heavy atom. The number of hydrogen-bond donors (Lipinski definition) is 0. The van der Waals surface area contributed by atoms with Gasteiger partial charge in [0.1, 0.15) is 5.60 Å². The second-order valence-electron chi connectivity index (χ2n) is 4.86. The van der Waals surface area contributed by atoms with Gasteiger partial charge in [-0.05, 0) is 38.3 Å². The topological polar surface area (TPSA) is 9.23 Å². The SMILES string of the molecule is CC(C)OC(C)(C1=CCC=C1)c1ccccc1. The molecule has 0 fully saturated rings. The largest absolute Gasteiger partial charge is 0.363 e. The minimum atomic E-state index is -0.331. The molecular formula is C16H20O. The van der Waals surface area contributed by atoms with Crippen LogP contribution < -0.4 is 0 Å². The van der Waals surface area contributed by atoms with Crippen molar-refractivity contribution < 1.29 is 4.74 Å². The van der Waals surface area contributed by atoms with E-state index >= 15 is 0 Å². The summed E-state index contributed by atoms with van der Waals surface area (Å²) in [6.07, 6.45) is 7.82. The molecule has 0 saturated carbocycles. The fraction of sp³-hybridized carbons (Fsp3) is 0.375. The van der Waals surface area contributed by atoms with Crippen molar-refractivity contribution in [3.05, 3.63) is 59.7 Å². The van der Waals surface area contributed by atoms with Crippen molar-refractivity contribution in [2.75, 3.05) is 0 Å². The molecule has 1 unspecified atom stereocenters. The van der Waals surface area contributed by atoms with Crippen LogP contribution in [-0.2, 0) is 10.3 Å². The molecule has 0 saturated heterocycles. The molecular weight excluding hydrogens is 208 g/mol. The fourth-order valence-electron chi connectivity index (χ4n) is 2.34. The molecule has 1 aliphatic carbocycles. The van der Waals surface area contributed by atoms with Crippen LogP contribution >= 0.6 is 0 Å². The van der Waals surface area contributed by atoms with E-state index in [1.807, 2.05) is 6.07 Å². The highest BCUT2D eigenvalue weighted by molar-refractivity contribution is 5.41. The number of benzene rings is 1. The number of ether oxygens (including phenoxy) is 1. The molecule has 1 nitrogen and oxygen atoms in total. The zero-order valence-corrected chi connectivity index (χ0v) is 10.8. The summed E-state index contributed by atoms with van der Waals surface area (Å²) >= 11 is 0. The van der Waals surface area contributed by atoms with Crippen LogP contribution in [0.25, 0.3) is 0 Å². The van der Waals surface area contributed by atoms with Crippen LogP contribution in [0.15, 0.2) is 54.1 Å². The molecule has 17 heavy (non-hydrogen) atoms. The van der Waals surface area contributed by atoms with Crippen molar-refractivity contribution in [1.82, 2.24) is 0 Å². The van der Waals surface area contributed by atoms with E-state index in [1.54, 1.807) is 0 Å². The van der Waals surface area contributed by atoms with E-state index in [1.165, 1.54) is 11.1 Å². The molecule has 0 aliphatic heterocycles. The van der Waals surface area contributed by atoms with Crippen LogP contribution in [0, 0.1) is 0 Å². The van der Waals surface area contributed by atoms with E-state index in [0.717, 1.165) is 6.42 Å². The molecule has 1 heteroatoms. The molecule has 1 atom stereocenters. The highest BCUT2D eigenvalue weighted by Crippen LogP contribution is 2.37. The van der Waals surface area contributed by atoms with Gasteiger partial charge < -0.3 is 4.74 Å². The summed E-state index contributed by atoms with van der Waals surface area (Å²) in [6, 6.07) is 10.4. The zero-order chi connectivity index (χ0) is 12.3. The van der Waals surface area contributed by atoms with Gasteiger partial charge in [0.05, 0.1) is 6.10 Å². The Morgan fingerprint density at radius 2 is 1.88 bits per heavy atom. The summed E-state index contributed by atoms with van der Waals surface area (Å²) in [7, 11) is 0. The Kier molecular flexibility index (Phi) is 3.49. The maximum absolute atomic E-state index is 6.19. The lowest BCUT2D eigenvalue weighted by Crippen LogP contribution is -2.30. The smallest absolute Gasteiger partial charge is 0.115 e. The minimum Gasteiger partial charge on any atom is -0.363 e. The number of rotatable bonds is 4. The van der Waals surface area contributed by atoms with Gasteiger partial charge in [0.15, 0.2) is 0 Å². The first kappa shape index (κ1) is 12.1. The predicted octanol–water partition coefficient (Wildman–Crippen LogP) is 4.21. The average Bonchev–Trinajstić information content (AvgIpc) is 2.83. The second-order valence-corrected chi connectivity index (χ2v) is 4.86. The Labute approximate surface area is 104 Å². The first-order valence-electron chi connectivity index (χ1n) is 6.23. The first-order valence-corrected chi connectivity index (χ1v) is 6.23. The average molecular weight is 228 g/mol. The van der Waals surface area contributed by atoms with E-state index in [-0.39, 0.29) is 11.7 Å². The predicted molar refractivity (Wildman–Crippen MR) is 71.9 cm³/mol. The van der Waals surface area contributed by atoms with Crippen molar-refractivity contribution in [3.63, 3.8) is 0 Å². The highest BCUT2D eigenvalue weighted by atomic mass is 16.5. The molecule has 1 aliphatic rings. The van der Waals surface area contributed by atoms with Gasteiger partial charge in [-0.15, -0.1) is 0 Å². The third kappa shape index (κ3) is 2.50. The van der Waals surface area contributed by atoms with Crippen molar-refractivity contribution in [3.8, 4) is 0 Å². The van der Waals surface area contributed by atoms with E-state index in [0.29, 0.717) is 0 Å². The van der Waals surface area contributed by atoms with Crippen LogP contribution in [0.2, 0.25) is 0 Å². The molecule has 0 N–H and O–H groups in total. The summed E-state index contributed by atoms with van der Waals surface area (Å²) in [5.74, 6) is 0. The van der Waals surface area contributed by atoms with E-state index in [9.17, 15) is 0 Å². The fourth-order valence-corrected chi connectivity index (χ4v) is 2.34. The van der Waals surface area contributed by atoms with Gasteiger partial charge >= 0.3 is 0 Å². The second kappa shape index (κ2) is 4.89. The molecule has 0 spiro atoms. The van der Waals surface area contributed by atoms with Crippen molar-refractivity contribution in [2.24, 2.45) is 0 Å². The van der Waals surface area contributed by atoms with Crippen molar-refractivity contribution >= 4 is 0 Å². The quantitative estimate of drug-likeness (QED) is 0.750. The summed E-state index contributed by atoms with van der Waals surface area (Å²) in [6.45, 7) is 6.32. The van der Waals surface area contributed by atoms with Crippen LogP contribution in [0.1, 0.15) is 32.8 Å². The Bertz CT molecular complexity index is 428. The van der Waals surface area contributed by atoms with Gasteiger partial charge in [-0.3, -0.25) is 0 Å². The summed E-state index contributed by atoms with van der Waals surface area (Å²) < 4.78 is 6.19. The molecule has 0 radical (unpaired) electrons. The van der Waals surface area contributed by atoms with Crippen molar-refractivity contribution in [1.29, 1.82) is 0 Å². The lowest BCUT2D eigenvalue weighted by atomic mass is 9.88. The molecule has 1 aromatic carbocycles. The van der Waals surface area contributed by atoms with E-state index in [4.69, 9.17) is 4.74 Å². The summed E-state index contributed by atoms with van der Waals surface area (Å²) in [4.78, 5) is 0. The third-order valence-electron chi connectivity index (χ3n) is 3.12. The summed E-state index contributed by atoms with van der Waals surface area (Å²) in [5.41, 5.74) is 2.14. The monoisotopic (exact) mass is 228 g/mol. The molecule has 0 amide bonds. The maximum Gasteiger partial charge on any atom is 0.115 e. The Morgan fingerprint density at radius 1 is 1.18 bits per heavy atom. The molecule has 0 aromatic heterocycles. The first-order chi connectivity index (χ1) is 8.13. The highest BCUT2D eigenvalue weighted by Gasteiger charge is 2.32. The van der Waals surface area contributed by atoms with Gasteiger partial charge in [-0.1, -0.05) is 48.6 Å². The Hall–Kier alpha value is -1.34. The Balaban J connectivity index is 2.40. The van der Waals surface area contributed by atoms with E-state index in [2.05, 4.69) is 63.3 Å². The van der Waals surface area contributed by atoms with E-state index < -0.39 is 0 Å². The minimum absolute atomic E-state index is 0.204. The van der Waals surface area contributed by atoms with Gasteiger partial charge in [0.2, 0.25) is 0 Å². The van der Waals surface area contributed by atoms with Crippen LogP contribution in [0.4, 0.5) is 0 Å². The normalized spacial score (nSPS) is 18.2. The van der Waals surface area contributed by atoms with Crippen LogP contribution in [0.5, 0.6) is 0 Å². The van der Waals surface area contributed by atoms with Gasteiger partial charge in [0.25, 0.3) is 0 Å². The molecule has 2 rings (SSSR count). The maximum atomic E-state index is 6.19. The molecule has 1 aromatic rings. The third-order valence-corrected chi connectivity index (χ3v) is 3.12. The van der Waals surface area contributed by atoms with Crippen molar-refractivity contribution in [2.45, 2.75) is 38.9 Å². The lowest BCUT2D eigenvalue weighted by Gasteiger charge is -2.33. The van der Waals surface area contributed by atoms with Crippen LogP contribution in [-0.4, -0.2) is 6.10 Å². The zero-order valence-electron chi connectivity index (χ0n) is 10.8. The van der Waals surface area contributed by atoms with Crippen LogP contribution in [0.3, 0.4) is 0 Å². The lowest BCUT2D eigenvalue weighted by molar-refractivity contribution is -0.0448. The molecule has 90 valence electrons. The van der Waals surface area contributed by atoms with Gasteiger partial charge in [-0.2, -0.15) is 0 Å². The van der Waals surface area contributed by atoms with Gasteiger partial charge in [0, 0.05) is 0 Å². The standard InChI is InChI=1S/C16H20O/c1-13(2)17-16(3,15-11-7-8-12-15)14-9-5-4-6-10-14/h4-7,9-13H,8H2,1-3H3. The molecule has 0 bridgehead atoms. The molecule has 0 heterocycles. The van der Waals surface area contributed by atoms with Gasteiger partial charge in [-0.25, -0.2) is 0 Å². The number of hydrogen-bond acceptors (Lipinski definition) is 1. The number of allylic oxidation sites excluding steroid dienone is 2.